The van der Waals surface area contributed by atoms with Crippen LogP contribution in [0.4, 0.5) is 5.69 Å². The minimum atomic E-state index is -0.595. The van der Waals surface area contributed by atoms with Gasteiger partial charge in [-0.05, 0) is 54.6 Å². The number of nitrogens with zero attached hydrogens (tertiary/aromatic N) is 1. The lowest BCUT2D eigenvalue weighted by Gasteiger charge is -2.14. The third kappa shape index (κ3) is 4.24. The summed E-state index contributed by atoms with van der Waals surface area (Å²) >= 11 is 0. The van der Waals surface area contributed by atoms with Crippen LogP contribution in [-0.2, 0) is 19.1 Å². The number of ether oxygens (including phenoxy) is 2. The average molecular weight is 446 g/mol. The summed E-state index contributed by atoms with van der Waals surface area (Å²) in [4.78, 5) is 48.6. The Balaban J connectivity index is 1.56. The summed E-state index contributed by atoms with van der Waals surface area (Å²) in [5.74, 6) is -1.41. The largest absolute Gasteiger partial charge is 0.465 e. The zero-order valence-electron chi connectivity index (χ0n) is 17.7. The summed E-state index contributed by atoms with van der Waals surface area (Å²) in [6.45, 7) is 0. The SMILES string of the molecule is COC(=O)c1ccc(N2NC(=O)/C(=C\c3ccc(-c4cccc(C(=O)OC)c4)o3)C2=O)cc1. The summed E-state index contributed by atoms with van der Waals surface area (Å²) in [5.41, 5.74) is 4.07. The highest BCUT2D eigenvalue weighted by Crippen LogP contribution is 2.27. The molecule has 2 heterocycles. The lowest BCUT2D eigenvalue weighted by Crippen LogP contribution is -2.35. The molecule has 2 amide bonds. The van der Waals surface area contributed by atoms with Gasteiger partial charge in [-0.2, -0.15) is 0 Å². The van der Waals surface area contributed by atoms with E-state index in [4.69, 9.17) is 9.15 Å². The first-order chi connectivity index (χ1) is 15.9. The first-order valence-corrected chi connectivity index (χ1v) is 9.75. The van der Waals surface area contributed by atoms with Crippen LogP contribution in [0, 0.1) is 0 Å². The van der Waals surface area contributed by atoms with Crippen molar-refractivity contribution in [2.75, 3.05) is 19.2 Å². The first kappa shape index (κ1) is 21.6. The van der Waals surface area contributed by atoms with Crippen molar-refractivity contribution in [2.24, 2.45) is 0 Å². The molecule has 3 aromatic rings. The molecule has 166 valence electrons. The molecule has 0 radical (unpaired) electrons. The van der Waals surface area contributed by atoms with Crippen LogP contribution in [-0.4, -0.2) is 38.0 Å². The van der Waals surface area contributed by atoms with Crippen LogP contribution in [0.3, 0.4) is 0 Å². The van der Waals surface area contributed by atoms with Crippen LogP contribution in [0.5, 0.6) is 0 Å². The third-order valence-electron chi connectivity index (χ3n) is 4.92. The molecular formula is C24H18N2O7. The predicted octanol–water partition coefficient (Wildman–Crippen LogP) is 2.98. The monoisotopic (exact) mass is 446 g/mol. The summed E-state index contributed by atoms with van der Waals surface area (Å²) < 4.78 is 15.1. The molecule has 1 fully saturated rings. The fraction of sp³-hybridized carbons (Fsp3) is 0.0833. The van der Waals surface area contributed by atoms with Crippen molar-refractivity contribution in [3.05, 3.63) is 83.1 Å². The maximum atomic E-state index is 12.8. The normalized spacial score (nSPS) is 14.4. The Morgan fingerprint density at radius 2 is 1.61 bits per heavy atom. The maximum Gasteiger partial charge on any atom is 0.337 e. The number of nitrogens with one attached hydrogen (secondary N) is 1. The lowest BCUT2D eigenvalue weighted by molar-refractivity contribution is -0.117. The van der Waals surface area contributed by atoms with Crippen LogP contribution >= 0.6 is 0 Å². The van der Waals surface area contributed by atoms with E-state index in [1.807, 2.05) is 0 Å². The van der Waals surface area contributed by atoms with Crippen molar-refractivity contribution in [3.63, 3.8) is 0 Å². The molecule has 1 saturated heterocycles. The summed E-state index contributed by atoms with van der Waals surface area (Å²) in [6.07, 6.45) is 1.34. The quantitative estimate of drug-likeness (QED) is 0.364. The number of amides is 2. The van der Waals surface area contributed by atoms with Gasteiger partial charge in [0.05, 0.1) is 31.0 Å². The highest BCUT2D eigenvalue weighted by molar-refractivity contribution is 6.31. The van der Waals surface area contributed by atoms with Crippen LogP contribution in [0.1, 0.15) is 26.5 Å². The van der Waals surface area contributed by atoms with E-state index in [0.29, 0.717) is 28.1 Å². The molecule has 33 heavy (non-hydrogen) atoms. The minimum absolute atomic E-state index is 0.115. The molecule has 4 rings (SSSR count). The Hall–Kier alpha value is -4.66. The smallest absolute Gasteiger partial charge is 0.337 e. The second-order valence-corrected chi connectivity index (χ2v) is 6.95. The average Bonchev–Trinajstić information content (AvgIpc) is 3.43. The van der Waals surface area contributed by atoms with Gasteiger partial charge < -0.3 is 13.9 Å². The van der Waals surface area contributed by atoms with Crippen LogP contribution < -0.4 is 10.4 Å². The number of rotatable bonds is 5. The Bertz CT molecular complexity index is 1290. The van der Waals surface area contributed by atoms with Crippen LogP contribution in [0.15, 0.2) is 70.7 Å². The molecule has 0 spiro atoms. The van der Waals surface area contributed by atoms with Crippen LogP contribution in [0.25, 0.3) is 17.4 Å². The van der Waals surface area contributed by atoms with Crippen molar-refractivity contribution in [2.45, 2.75) is 0 Å². The second-order valence-electron chi connectivity index (χ2n) is 6.95. The lowest BCUT2D eigenvalue weighted by atomic mass is 10.1. The number of esters is 2. The molecule has 2 aromatic carbocycles. The highest BCUT2D eigenvalue weighted by atomic mass is 16.5. The zero-order valence-corrected chi connectivity index (χ0v) is 17.7. The number of carbonyl (C=O) groups excluding carboxylic acids is 4. The minimum Gasteiger partial charge on any atom is -0.465 e. The van der Waals surface area contributed by atoms with Gasteiger partial charge >= 0.3 is 11.9 Å². The first-order valence-electron chi connectivity index (χ1n) is 9.75. The number of hydrazine groups is 1. The third-order valence-corrected chi connectivity index (χ3v) is 4.92. The Morgan fingerprint density at radius 1 is 0.909 bits per heavy atom. The summed E-state index contributed by atoms with van der Waals surface area (Å²) in [7, 11) is 2.57. The van der Waals surface area contributed by atoms with Crippen molar-refractivity contribution < 1.29 is 33.1 Å². The van der Waals surface area contributed by atoms with Gasteiger partial charge in [0.25, 0.3) is 11.8 Å². The molecule has 0 aliphatic carbocycles. The Kier molecular flexibility index (Phi) is 5.77. The molecule has 1 aliphatic heterocycles. The number of benzene rings is 2. The Morgan fingerprint density at radius 3 is 2.30 bits per heavy atom. The Labute approximate surface area is 188 Å². The molecule has 1 aromatic heterocycles. The maximum absolute atomic E-state index is 12.8. The molecule has 9 nitrogen and oxygen atoms in total. The number of methoxy groups -OCH3 is 2. The van der Waals surface area contributed by atoms with E-state index in [1.165, 1.54) is 44.6 Å². The predicted molar refractivity (Wildman–Crippen MR) is 117 cm³/mol. The molecule has 0 unspecified atom stereocenters. The topological polar surface area (TPSA) is 115 Å². The van der Waals surface area contributed by atoms with E-state index in [2.05, 4.69) is 10.2 Å². The van der Waals surface area contributed by atoms with E-state index in [9.17, 15) is 19.2 Å². The van der Waals surface area contributed by atoms with E-state index in [-0.39, 0.29) is 11.3 Å². The van der Waals surface area contributed by atoms with Gasteiger partial charge in [-0.25, -0.2) is 14.6 Å². The fourth-order valence-corrected chi connectivity index (χ4v) is 3.25. The number of carbonyl (C=O) groups is 4. The van der Waals surface area contributed by atoms with Gasteiger partial charge in [0.1, 0.15) is 17.1 Å². The highest BCUT2D eigenvalue weighted by Gasteiger charge is 2.34. The van der Waals surface area contributed by atoms with E-state index in [1.54, 1.807) is 36.4 Å². The van der Waals surface area contributed by atoms with Gasteiger partial charge in [0.2, 0.25) is 0 Å². The molecule has 1 aliphatic rings. The zero-order chi connectivity index (χ0) is 23.5. The molecule has 0 bridgehead atoms. The van der Waals surface area contributed by atoms with Gasteiger partial charge in [0, 0.05) is 5.56 Å². The molecule has 1 N–H and O–H groups in total. The van der Waals surface area contributed by atoms with E-state index >= 15 is 0 Å². The van der Waals surface area contributed by atoms with Gasteiger partial charge in [-0.1, -0.05) is 12.1 Å². The van der Waals surface area contributed by atoms with Gasteiger partial charge in [0.15, 0.2) is 0 Å². The summed E-state index contributed by atoms with van der Waals surface area (Å²) in [6, 6.07) is 16.0. The van der Waals surface area contributed by atoms with Gasteiger partial charge in [-0.15, -0.1) is 0 Å². The number of hydrogen-bond donors (Lipinski definition) is 1. The molecular weight excluding hydrogens is 428 g/mol. The van der Waals surface area contributed by atoms with Crippen molar-refractivity contribution in [1.29, 1.82) is 0 Å². The number of hydrogen-bond acceptors (Lipinski definition) is 7. The molecule has 0 atom stereocenters. The fourth-order valence-electron chi connectivity index (χ4n) is 3.25. The number of furan rings is 1. The number of anilines is 1. The molecule has 0 saturated carbocycles. The second kappa shape index (κ2) is 8.83. The summed E-state index contributed by atoms with van der Waals surface area (Å²) in [5, 5.41) is 1.08. The van der Waals surface area contributed by atoms with Crippen molar-refractivity contribution in [1.82, 2.24) is 5.43 Å². The van der Waals surface area contributed by atoms with E-state index < -0.39 is 23.8 Å². The standard InChI is InChI=1S/C24H18N2O7/c1-31-23(29)14-6-8-17(9-7-14)26-22(28)19(21(27)25-26)13-18-10-11-20(33-18)15-4-3-5-16(12-15)24(30)32-2/h3-13H,1-2H3,(H,25,27)/b19-13+. The van der Waals surface area contributed by atoms with Crippen LogP contribution in [0.2, 0.25) is 0 Å². The van der Waals surface area contributed by atoms with E-state index in [0.717, 1.165) is 5.01 Å². The van der Waals surface area contributed by atoms with Crippen molar-refractivity contribution in [3.8, 4) is 11.3 Å². The van der Waals surface area contributed by atoms with Gasteiger partial charge in [-0.3, -0.25) is 15.0 Å². The molecule has 9 heteroatoms. The van der Waals surface area contributed by atoms with Crippen molar-refractivity contribution >= 4 is 35.5 Å².